The van der Waals surface area contributed by atoms with E-state index in [0.717, 1.165) is 12.0 Å². The fraction of sp³-hybridized carbons (Fsp3) is 0.400. The SMILES string of the molecule is CCOC(=O)N1CCC(c2noc(-c3ccccc3)n2)C1. The molecule has 6 nitrogen and oxygen atoms in total. The second kappa shape index (κ2) is 5.95. The fourth-order valence-corrected chi connectivity index (χ4v) is 2.45. The Hall–Kier alpha value is -2.37. The fourth-order valence-electron chi connectivity index (χ4n) is 2.45. The predicted molar refractivity (Wildman–Crippen MR) is 75.7 cm³/mol. The van der Waals surface area contributed by atoms with E-state index >= 15 is 0 Å². The van der Waals surface area contributed by atoms with E-state index in [9.17, 15) is 4.79 Å². The number of ether oxygens (including phenoxy) is 1. The van der Waals surface area contributed by atoms with Crippen molar-refractivity contribution in [3.8, 4) is 11.5 Å². The summed E-state index contributed by atoms with van der Waals surface area (Å²) in [5, 5.41) is 4.05. The molecule has 1 aromatic heterocycles. The van der Waals surface area contributed by atoms with Gasteiger partial charge >= 0.3 is 6.09 Å². The van der Waals surface area contributed by atoms with E-state index in [1.54, 1.807) is 11.8 Å². The number of rotatable bonds is 3. The molecule has 1 saturated heterocycles. The summed E-state index contributed by atoms with van der Waals surface area (Å²) in [4.78, 5) is 17.8. The molecule has 1 unspecified atom stereocenters. The van der Waals surface area contributed by atoms with Gasteiger partial charge in [0, 0.05) is 24.6 Å². The Morgan fingerprint density at radius 2 is 2.24 bits per heavy atom. The number of benzene rings is 1. The van der Waals surface area contributed by atoms with Crippen LogP contribution in [-0.2, 0) is 4.74 Å². The zero-order valence-corrected chi connectivity index (χ0v) is 11.9. The standard InChI is InChI=1S/C15H17N3O3/c1-2-20-15(19)18-9-8-12(10-18)13-16-14(21-17-13)11-6-4-3-5-7-11/h3-7,12H,2,8-10H2,1H3. The van der Waals surface area contributed by atoms with Crippen molar-refractivity contribution < 1.29 is 14.1 Å². The molecule has 2 aromatic rings. The van der Waals surface area contributed by atoms with Crippen LogP contribution in [0.25, 0.3) is 11.5 Å². The maximum absolute atomic E-state index is 11.7. The highest BCUT2D eigenvalue weighted by atomic mass is 16.6. The lowest BCUT2D eigenvalue weighted by Gasteiger charge is -2.14. The highest BCUT2D eigenvalue weighted by Gasteiger charge is 2.31. The number of nitrogens with zero attached hydrogens (tertiary/aromatic N) is 3. The first kappa shape index (κ1) is 13.6. The Kier molecular flexibility index (Phi) is 3.85. The summed E-state index contributed by atoms with van der Waals surface area (Å²) < 4.78 is 10.3. The second-order valence-corrected chi connectivity index (χ2v) is 4.95. The molecule has 1 atom stereocenters. The molecule has 3 rings (SSSR count). The molecule has 1 fully saturated rings. The first-order valence-corrected chi connectivity index (χ1v) is 7.08. The zero-order chi connectivity index (χ0) is 14.7. The van der Waals surface area contributed by atoms with E-state index in [4.69, 9.17) is 9.26 Å². The molecule has 2 heterocycles. The summed E-state index contributed by atoms with van der Waals surface area (Å²) in [5.74, 6) is 1.27. The van der Waals surface area contributed by atoms with Gasteiger partial charge in [0.05, 0.1) is 6.61 Å². The van der Waals surface area contributed by atoms with Crippen LogP contribution in [0, 0.1) is 0 Å². The Bertz CT molecular complexity index is 612. The molecular weight excluding hydrogens is 270 g/mol. The van der Waals surface area contributed by atoms with Crippen molar-refractivity contribution in [2.75, 3.05) is 19.7 Å². The smallest absolute Gasteiger partial charge is 0.409 e. The molecule has 0 saturated carbocycles. The third kappa shape index (κ3) is 2.89. The molecule has 1 aliphatic heterocycles. The van der Waals surface area contributed by atoms with E-state index in [1.165, 1.54) is 0 Å². The third-order valence-corrected chi connectivity index (χ3v) is 3.54. The van der Waals surface area contributed by atoms with E-state index in [2.05, 4.69) is 10.1 Å². The molecule has 0 aliphatic carbocycles. The van der Waals surface area contributed by atoms with Crippen molar-refractivity contribution in [2.45, 2.75) is 19.3 Å². The summed E-state index contributed by atoms with van der Waals surface area (Å²) in [6, 6.07) is 9.65. The minimum atomic E-state index is -0.272. The minimum Gasteiger partial charge on any atom is -0.450 e. The van der Waals surface area contributed by atoms with Crippen LogP contribution in [-0.4, -0.2) is 40.8 Å². The Morgan fingerprint density at radius 3 is 3.00 bits per heavy atom. The quantitative estimate of drug-likeness (QED) is 0.868. The first-order chi connectivity index (χ1) is 10.3. The summed E-state index contributed by atoms with van der Waals surface area (Å²) >= 11 is 0. The molecule has 1 aliphatic rings. The van der Waals surface area contributed by atoms with Crippen molar-refractivity contribution in [1.82, 2.24) is 15.0 Å². The largest absolute Gasteiger partial charge is 0.450 e. The number of carbonyl (C=O) groups is 1. The normalized spacial score (nSPS) is 18.0. The van der Waals surface area contributed by atoms with Gasteiger partial charge in [-0.3, -0.25) is 0 Å². The third-order valence-electron chi connectivity index (χ3n) is 3.54. The molecular formula is C15H17N3O3. The van der Waals surface area contributed by atoms with Crippen molar-refractivity contribution in [3.63, 3.8) is 0 Å². The Labute approximate surface area is 122 Å². The molecule has 1 aromatic carbocycles. The average Bonchev–Trinajstić information content (AvgIpc) is 3.17. The summed E-state index contributed by atoms with van der Waals surface area (Å²) in [5.41, 5.74) is 0.900. The molecule has 0 spiro atoms. The maximum atomic E-state index is 11.7. The van der Waals surface area contributed by atoms with E-state index in [0.29, 0.717) is 31.4 Å². The van der Waals surface area contributed by atoms with Gasteiger partial charge in [-0.05, 0) is 25.5 Å². The first-order valence-electron chi connectivity index (χ1n) is 7.08. The average molecular weight is 287 g/mol. The van der Waals surface area contributed by atoms with Crippen molar-refractivity contribution in [3.05, 3.63) is 36.2 Å². The van der Waals surface area contributed by atoms with Gasteiger partial charge in [0.1, 0.15) is 0 Å². The van der Waals surface area contributed by atoms with Crippen LogP contribution >= 0.6 is 0 Å². The predicted octanol–water partition coefficient (Wildman–Crippen LogP) is 2.68. The topological polar surface area (TPSA) is 68.5 Å². The van der Waals surface area contributed by atoms with Crippen LogP contribution in [0.4, 0.5) is 4.79 Å². The molecule has 6 heteroatoms. The zero-order valence-electron chi connectivity index (χ0n) is 11.9. The Balaban J connectivity index is 1.69. The van der Waals surface area contributed by atoms with Crippen molar-refractivity contribution in [2.24, 2.45) is 0 Å². The number of amides is 1. The summed E-state index contributed by atoms with van der Waals surface area (Å²) in [6.07, 6.45) is 0.554. The van der Waals surface area contributed by atoms with E-state index < -0.39 is 0 Å². The van der Waals surface area contributed by atoms with Gasteiger partial charge in [-0.1, -0.05) is 23.4 Å². The van der Waals surface area contributed by atoms with Crippen LogP contribution in [0.5, 0.6) is 0 Å². The maximum Gasteiger partial charge on any atom is 0.409 e. The van der Waals surface area contributed by atoms with Gasteiger partial charge < -0.3 is 14.2 Å². The Morgan fingerprint density at radius 1 is 1.43 bits per heavy atom. The van der Waals surface area contributed by atoms with Gasteiger partial charge in [0.25, 0.3) is 5.89 Å². The number of aromatic nitrogens is 2. The lowest BCUT2D eigenvalue weighted by atomic mass is 10.1. The number of likely N-dealkylation sites (tertiary alicyclic amines) is 1. The molecule has 0 N–H and O–H groups in total. The molecule has 0 radical (unpaired) electrons. The van der Waals surface area contributed by atoms with Crippen LogP contribution in [0.3, 0.4) is 0 Å². The van der Waals surface area contributed by atoms with Crippen LogP contribution in [0.2, 0.25) is 0 Å². The molecule has 1 amide bonds. The van der Waals surface area contributed by atoms with Crippen LogP contribution in [0.1, 0.15) is 25.1 Å². The highest BCUT2D eigenvalue weighted by molar-refractivity contribution is 5.68. The van der Waals surface area contributed by atoms with Gasteiger partial charge in [0.2, 0.25) is 0 Å². The minimum absolute atomic E-state index is 0.107. The lowest BCUT2D eigenvalue weighted by Crippen LogP contribution is -2.29. The summed E-state index contributed by atoms with van der Waals surface area (Å²) in [6.45, 7) is 3.43. The van der Waals surface area contributed by atoms with E-state index in [-0.39, 0.29) is 12.0 Å². The molecule has 0 bridgehead atoms. The van der Waals surface area contributed by atoms with Gasteiger partial charge in [-0.25, -0.2) is 4.79 Å². The van der Waals surface area contributed by atoms with Crippen molar-refractivity contribution >= 4 is 6.09 Å². The van der Waals surface area contributed by atoms with Crippen LogP contribution in [0.15, 0.2) is 34.9 Å². The van der Waals surface area contributed by atoms with Gasteiger partial charge in [-0.15, -0.1) is 0 Å². The number of hydrogen-bond donors (Lipinski definition) is 0. The van der Waals surface area contributed by atoms with Gasteiger partial charge in [0.15, 0.2) is 5.82 Å². The van der Waals surface area contributed by atoms with Crippen molar-refractivity contribution in [1.29, 1.82) is 0 Å². The second-order valence-electron chi connectivity index (χ2n) is 4.95. The van der Waals surface area contributed by atoms with Gasteiger partial charge in [-0.2, -0.15) is 4.98 Å². The lowest BCUT2D eigenvalue weighted by molar-refractivity contribution is 0.115. The summed E-state index contributed by atoms with van der Waals surface area (Å²) in [7, 11) is 0. The van der Waals surface area contributed by atoms with E-state index in [1.807, 2.05) is 30.3 Å². The molecule has 110 valence electrons. The highest BCUT2D eigenvalue weighted by Crippen LogP contribution is 2.27. The van der Waals surface area contributed by atoms with Crippen LogP contribution < -0.4 is 0 Å². The molecule has 21 heavy (non-hydrogen) atoms. The number of hydrogen-bond acceptors (Lipinski definition) is 5. The number of carbonyl (C=O) groups excluding carboxylic acids is 1. The monoisotopic (exact) mass is 287 g/mol.